The largest absolute Gasteiger partial charge is 0.507 e. The van der Waals surface area contributed by atoms with E-state index < -0.39 is 5.91 Å². The van der Waals surface area contributed by atoms with Gasteiger partial charge in [-0.25, -0.2) is 5.43 Å². The maximum absolute atomic E-state index is 12.0. The second-order valence-corrected chi connectivity index (χ2v) is 7.11. The van der Waals surface area contributed by atoms with E-state index >= 15 is 0 Å². The van der Waals surface area contributed by atoms with E-state index in [2.05, 4.69) is 26.5 Å². The zero-order valence-corrected chi connectivity index (χ0v) is 16.9. The number of benzene rings is 3. The van der Waals surface area contributed by atoms with Gasteiger partial charge >= 0.3 is 0 Å². The summed E-state index contributed by atoms with van der Waals surface area (Å²) in [7, 11) is 0. The molecule has 7 heteroatoms. The topological polar surface area (TPSA) is 70.9 Å². The average Bonchev–Trinajstić information content (AvgIpc) is 2.69. The number of para-hydroxylation sites is 1. The van der Waals surface area contributed by atoms with Gasteiger partial charge in [0.05, 0.1) is 16.3 Å². The normalized spacial score (nSPS) is 10.8. The smallest absolute Gasteiger partial charge is 0.275 e. The molecule has 0 saturated heterocycles. The Labute approximate surface area is 175 Å². The van der Waals surface area contributed by atoms with Crippen molar-refractivity contribution in [3.8, 4) is 11.5 Å². The second-order valence-electron chi connectivity index (χ2n) is 5.82. The quantitative estimate of drug-likeness (QED) is 0.395. The number of rotatable bonds is 6. The molecule has 0 aliphatic carbocycles. The number of nitrogens with zero attached hydrogens (tertiary/aromatic N) is 1. The van der Waals surface area contributed by atoms with Crippen molar-refractivity contribution in [3.63, 3.8) is 0 Å². The van der Waals surface area contributed by atoms with Gasteiger partial charge < -0.3 is 9.84 Å². The average molecular weight is 460 g/mol. The highest BCUT2D eigenvalue weighted by Crippen LogP contribution is 2.26. The fourth-order valence-corrected chi connectivity index (χ4v) is 2.98. The lowest BCUT2D eigenvalue weighted by molar-refractivity contribution is 0.0952. The van der Waals surface area contributed by atoms with Gasteiger partial charge in [0, 0.05) is 5.02 Å². The molecule has 0 bridgehead atoms. The van der Waals surface area contributed by atoms with Crippen molar-refractivity contribution in [1.29, 1.82) is 0 Å². The van der Waals surface area contributed by atoms with E-state index in [0.717, 1.165) is 15.6 Å². The predicted molar refractivity (Wildman–Crippen MR) is 113 cm³/mol. The van der Waals surface area contributed by atoms with Crippen LogP contribution in [0.2, 0.25) is 5.02 Å². The van der Waals surface area contributed by atoms with Gasteiger partial charge in [-0.3, -0.25) is 4.79 Å². The minimum Gasteiger partial charge on any atom is -0.507 e. The van der Waals surface area contributed by atoms with Crippen LogP contribution in [0.3, 0.4) is 0 Å². The molecular weight excluding hydrogens is 444 g/mol. The van der Waals surface area contributed by atoms with E-state index in [4.69, 9.17) is 16.3 Å². The van der Waals surface area contributed by atoms with Gasteiger partial charge in [0.15, 0.2) is 0 Å². The van der Waals surface area contributed by atoms with E-state index in [9.17, 15) is 9.90 Å². The third-order valence-corrected chi connectivity index (χ3v) is 4.66. The van der Waals surface area contributed by atoms with E-state index in [1.807, 2.05) is 42.5 Å². The van der Waals surface area contributed by atoms with Crippen LogP contribution in [0.4, 0.5) is 0 Å². The number of nitrogens with one attached hydrogen (secondary N) is 1. The summed E-state index contributed by atoms with van der Waals surface area (Å²) in [4.78, 5) is 12.0. The number of halogens is 2. The predicted octanol–water partition coefficient (Wildman–Crippen LogP) is 5.15. The Kier molecular flexibility index (Phi) is 6.68. The van der Waals surface area contributed by atoms with Crippen LogP contribution in [0.25, 0.3) is 0 Å². The molecule has 3 aromatic carbocycles. The Morgan fingerprint density at radius 2 is 1.89 bits per heavy atom. The highest BCUT2D eigenvalue weighted by Gasteiger charge is 2.08. The SMILES string of the molecule is O=C(N/N=C\c1ccc(OCc2ccc(Cl)cc2)c(Br)c1)c1ccccc1O. The number of carbonyl (C=O) groups is 1. The summed E-state index contributed by atoms with van der Waals surface area (Å²) < 4.78 is 6.56. The first-order chi connectivity index (χ1) is 13.5. The van der Waals surface area contributed by atoms with Crippen molar-refractivity contribution < 1.29 is 14.6 Å². The summed E-state index contributed by atoms with van der Waals surface area (Å²) in [6, 6.07) is 19.2. The van der Waals surface area contributed by atoms with Gasteiger partial charge in [-0.2, -0.15) is 5.10 Å². The molecule has 1 amide bonds. The number of hydrogen-bond donors (Lipinski definition) is 2. The Balaban J connectivity index is 1.59. The molecule has 142 valence electrons. The van der Waals surface area contributed by atoms with Gasteiger partial charge in [0.25, 0.3) is 5.91 Å². The lowest BCUT2D eigenvalue weighted by Gasteiger charge is -2.09. The van der Waals surface area contributed by atoms with Gasteiger partial charge in [0.2, 0.25) is 0 Å². The van der Waals surface area contributed by atoms with Gasteiger partial charge in [-0.05, 0) is 69.5 Å². The molecule has 0 aliphatic heterocycles. The maximum Gasteiger partial charge on any atom is 0.275 e. The molecular formula is C21H16BrClN2O3. The van der Waals surface area contributed by atoms with Crippen LogP contribution in [0.5, 0.6) is 11.5 Å². The van der Waals surface area contributed by atoms with E-state index in [0.29, 0.717) is 17.4 Å². The van der Waals surface area contributed by atoms with E-state index in [-0.39, 0.29) is 11.3 Å². The summed E-state index contributed by atoms with van der Waals surface area (Å²) in [5.74, 6) is 0.0989. The molecule has 0 aliphatic rings. The third kappa shape index (κ3) is 5.34. The van der Waals surface area contributed by atoms with Crippen LogP contribution < -0.4 is 10.2 Å². The molecule has 0 heterocycles. The zero-order chi connectivity index (χ0) is 19.9. The number of hydrogen-bond acceptors (Lipinski definition) is 4. The first kappa shape index (κ1) is 19.9. The lowest BCUT2D eigenvalue weighted by atomic mass is 10.2. The minimum absolute atomic E-state index is 0.0971. The molecule has 0 unspecified atom stereocenters. The van der Waals surface area contributed by atoms with Gasteiger partial charge in [-0.15, -0.1) is 0 Å². The Hall–Kier alpha value is -2.83. The summed E-state index contributed by atoms with van der Waals surface area (Å²) in [5, 5.41) is 14.3. The molecule has 3 rings (SSSR count). The number of aromatic hydroxyl groups is 1. The highest BCUT2D eigenvalue weighted by molar-refractivity contribution is 9.10. The highest BCUT2D eigenvalue weighted by atomic mass is 79.9. The molecule has 2 N–H and O–H groups in total. The minimum atomic E-state index is -0.490. The molecule has 0 fully saturated rings. The molecule has 0 atom stereocenters. The Morgan fingerprint density at radius 1 is 1.14 bits per heavy atom. The van der Waals surface area contributed by atoms with Crippen molar-refractivity contribution in [2.24, 2.45) is 5.10 Å². The number of phenolic OH excluding ortho intramolecular Hbond substituents is 1. The lowest BCUT2D eigenvalue weighted by Crippen LogP contribution is -2.17. The summed E-state index contributed by atoms with van der Waals surface area (Å²) >= 11 is 9.35. The number of amides is 1. The maximum atomic E-state index is 12.0. The first-order valence-corrected chi connectivity index (χ1v) is 9.48. The molecule has 0 radical (unpaired) electrons. The van der Waals surface area contributed by atoms with E-state index in [1.54, 1.807) is 12.1 Å². The van der Waals surface area contributed by atoms with Crippen LogP contribution in [-0.4, -0.2) is 17.2 Å². The molecule has 0 saturated carbocycles. The third-order valence-electron chi connectivity index (χ3n) is 3.79. The molecule has 3 aromatic rings. The monoisotopic (exact) mass is 458 g/mol. The fourth-order valence-electron chi connectivity index (χ4n) is 2.35. The second kappa shape index (κ2) is 9.39. The summed E-state index contributed by atoms with van der Waals surface area (Å²) in [6.07, 6.45) is 1.51. The van der Waals surface area contributed by atoms with E-state index in [1.165, 1.54) is 18.3 Å². The van der Waals surface area contributed by atoms with Gasteiger partial charge in [-0.1, -0.05) is 35.9 Å². The van der Waals surface area contributed by atoms with Crippen LogP contribution in [0.1, 0.15) is 21.5 Å². The Bertz CT molecular complexity index is 1010. The molecule has 28 heavy (non-hydrogen) atoms. The number of carbonyl (C=O) groups excluding carboxylic acids is 1. The Morgan fingerprint density at radius 3 is 2.61 bits per heavy atom. The van der Waals surface area contributed by atoms with Crippen molar-refractivity contribution >= 4 is 39.7 Å². The standard InChI is InChI=1S/C21H16BrClN2O3/c22-18-11-15(12-24-25-21(27)17-3-1-2-4-19(17)26)7-10-20(18)28-13-14-5-8-16(23)9-6-14/h1-12,26H,13H2,(H,25,27)/b24-12-. The number of hydrazone groups is 1. The molecule has 0 spiro atoms. The number of phenols is 1. The van der Waals surface area contributed by atoms with Crippen molar-refractivity contribution in [2.45, 2.75) is 6.61 Å². The summed E-state index contributed by atoms with van der Waals surface area (Å²) in [6.45, 7) is 0.416. The zero-order valence-electron chi connectivity index (χ0n) is 14.6. The van der Waals surface area contributed by atoms with Crippen LogP contribution in [0.15, 0.2) is 76.3 Å². The van der Waals surface area contributed by atoms with Crippen LogP contribution in [0, 0.1) is 0 Å². The fraction of sp³-hybridized carbons (Fsp3) is 0.0476. The van der Waals surface area contributed by atoms with Crippen LogP contribution in [-0.2, 0) is 6.61 Å². The number of ether oxygens (including phenoxy) is 1. The van der Waals surface area contributed by atoms with Crippen molar-refractivity contribution in [1.82, 2.24) is 5.43 Å². The van der Waals surface area contributed by atoms with Crippen LogP contribution >= 0.6 is 27.5 Å². The van der Waals surface area contributed by atoms with Gasteiger partial charge in [0.1, 0.15) is 18.1 Å². The first-order valence-electron chi connectivity index (χ1n) is 8.31. The van der Waals surface area contributed by atoms with Crippen molar-refractivity contribution in [3.05, 3.63) is 92.9 Å². The molecule has 5 nitrogen and oxygen atoms in total. The van der Waals surface area contributed by atoms with Crippen molar-refractivity contribution in [2.75, 3.05) is 0 Å². The summed E-state index contributed by atoms with van der Waals surface area (Å²) in [5.41, 5.74) is 4.32. The molecule has 0 aromatic heterocycles.